The summed E-state index contributed by atoms with van der Waals surface area (Å²) in [7, 11) is 0. The van der Waals surface area contributed by atoms with Crippen molar-refractivity contribution in [2.45, 2.75) is 32.4 Å². The van der Waals surface area contributed by atoms with E-state index in [0.717, 1.165) is 5.56 Å². The number of amides is 1. The molecule has 1 aromatic carbocycles. The molecule has 1 N–H and O–H groups in total. The zero-order valence-corrected chi connectivity index (χ0v) is 13.1. The van der Waals surface area contributed by atoms with E-state index in [0.29, 0.717) is 34.4 Å². The largest absolute Gasteiger partial charge is 0.459 e. The number of aryl methyl sites for hydroxylation is 1. The van der Waals surface area contributed by atoms with Gasteiger partial charge in [0.05, 0.1) is 0 Å². The van der Waals surface area contributed by atoms with E-state index in [-0.39, 0.29) is 12.5 Å². The monoisotopic (exact) mass is 335 g/mol. The topological polar surface area (TPSA) is 85.6 Å². The molecule has 6 nitrogen and oxygen atoms in total. The molecule has 1 aromatic heterocycles. The van der Waals surface area contributed by atoms with Crippen LogP contribution >= 0.6 is 11.6 Å². The molecule has 0 unspecified atom stereocenters. The number of carbonyl (C=O) groups is 2. The van der Waals surface area contributed by atoms with Gasteiger partial charge in [0.25, 0.3) is 0 Å². The number of fused-ring (bicyclic) bond motifs is 1. The lowest BCUT2D eigenvalue weighted by Crippen LogP contribution is -2.34. The summed E-state index contributed by atoms with van der Waals surface area (Å²) in [6.45, 7) is 1.71. The standard InChI is InChI=1S/C16H14ClNO5/c1-8-4-13-10(6-11(8)17)9(5-15(20)23-13)7-22-16(21)12-2-3-14(19)18-12/h4-6,12H,2-3,7H2,1H3,(H,18,19)/t12-/m1/s1. The second-order valence-electron chi connectivity index (χ2n) is 5.45. The fourth-order valence-electron chi connectivity index (χ4n) is 2.51. The predicted octanol–water partition coefficient (Wildman–Crippen LogP) is 2.08. The van der Waals surface area contributed by atoms with Gasteiger partial charge in [-0.25, -0.2) is 9.59 Å². The van der Waals surface area contributed by atoms with Gasteiger partial charge in [0.2, 0.25) is 5.91 Å². The van der Waals surface area contributed by atoms with E-state index >= 15 is 0 Å². The van der Waals surface area contributed by atoms with E-state index in [1.54, 1.807) is 19.1 Å². The third-order valence-electron chi connectivity index (χ3n) is 3.76. The van der Waals surface area contributed by atoms with Crippen LogP contribution in [0.2, 0.25) is 5.02 Å². The lowest BCUT2D eigenvalue weighted by atomic mass is 10.1. The second-order valence-corrected chi connectivity index (χ2v) is 5.86. The van der Waals surface area contributed by atoms with E-state index in [2.05, 4.69) is 5.32 Å². The third kappa shape index (κ3) is 3.22. The summed E-state index contributed by atoms with van der Waals surface area (Å²) in [6.07, 6.45) is 0.729. The Morgan fingerprint density at radius 1 is 1.39 bits per heavy atom. The van der Waals surface area contributed by atoms with E-state index in [1.165, 1.54) is 6.07 Å². The molecule has 1 aliphatic rings. The first-order chi connectivity index (χ1) is 10.9. The number of hydrogen-bond donors (Lipinski definition) is 1. The van der Waals surface area contributed by atoms with Gasteiger partial charge in [0, 0.05) is 28.5 Å². The summed E-state index contributed by atoms with van der Waals surface area (Å²) < 4.78 is 10.4. The van der Waals surface area contributed by atoms with Crippen molar-refractivity contribution in [3.8, 4) is 0 Å². The van der Waals surface area contributed by atoms with E-state index < -0.39 is 17.6 Å². The smallest absolute Gasteiger partial charge is 0.336 e. The molecule has 0 radical (unpaired) electrons. The Balaban J connectivity index is 1.85. The average Bonchev–Trinajstić information content (AvgIpc) is 2.93. The maximum Gasteiger partial charge on any atom is 0.336 e. The predicted molar refractivity (Wildman–Crippen MR) is 83.2 cm³/mol. The molecular weight excluding hydrogens is 322 g/mol. The van der Waals surface area contributed by atoms with Crippen LogP contribution in [0.25, 0.3) is 11.0 Å². The van der Waals surface area contributed by atoms with Crippen LogP contribution in [0.3, 0.4) is 0 Å². The van der Waals surface area contributed by atoms with Crippen molar-refractivity contribution in [2.75, 3.05) is 0 Å². The molecule has 0 aliphatic carbocycles. The van der Waals surface area contributed by atoms with Crippen LogP contribution in [0.15, 0.2) is 27.4 Å². The van der Waals surface area contributed by atoms with Crippen LogP contribution in [0.5, 0.6) is 0 Å². The Bertz CT molecular complexity index is 857. The number of benzene rings is 1. The SMILES string of the molecule is Cc1cc2oc(=O)cc(COC(=O)[C@H]3CCC(=O)N3)c2cc1Cl. The number of rotatable bonds is 3. The minimum Gasteiger partial charge on any atom is -0.459 e. The lowest BCUT2D eigenvalue weighted by Gasteiger charge is -2.11. The van der Waals surface area contributed by atoms with Crippen LogP contribution < -0.4 is 10.9 Å². The van der Waals surface area contributed by atoms with Gasteiger partial charge in [0.1, 0.15) is 18.2 Å². The van der Waals surface area contributed by atoms with E-state index in [4.69, 9.17) is 20.8 Å². The Hall–Kier alpha value is -2.34. The summed E-state index contributed by atoms with van der Waals surface area (Å²) >= 11 is 6.11. The first-order valence-corrected chi connectivity index (χ1v) is 7.51. The Labute approximate surface area is 136 Å². The molecule has 1 saturated heterocycles. The molecule has 3 rings (SSSR count). The number of halogens is 1. The Kier molecular flexibility index (Phi) is 4.09. The van der Waals surface area contributed by atoms with E-state index in [9.17, 15) is 14.4 Å². The summed E-state index contributed by atoms with van der Waals surface area (Å²) in [4.78, 5) is 34.7. The van der Waals surface area contributed by atoms with Gasteiger partial charge in [-0.05, 0) is 31.0 Å². The maximum absolute atomic E-state index is 11.9. The van der Waals surface area contributed by atoms with Crippen molar-refractivity contribution in [3.05, 3.63) is 44.8 Å². The first kappa shape index (κ1) is 15.6. The van der Waals surface area contributed by atoms with Gasteiger partial charge < -0.3 is 14.5 Å². The molecule has 2 aromatic rings. The molecule has 0 spiro atoms. The van der Waals surface area contributed by atoms with Crippen molar-refractivity contribution in [3.63, 3.8) is 0 Å². The van der Waals surface area contributed by atoms with Crippen LogP contribution in [0.1, 0.15) is 24.0 Å². The highest BCUT2D eigenvalue weighted by Gasteiger charge is 2.28. The molecule has 1 fully saturated rings. The summed E-state index contributed by atoms with van der Waals surface area (Å²) in [5.41, 5.74) is 1.15. The molecule has 7 heteroatoms. The normalized spacial score (nSPS) is 17.3. The Morgan fingerprint density at radius 2 is 2.17 bits per heavy atom. The molecule has 2 heterocycles. The van der Waals surface area contributed by atoms with Crippen molar-refractivity contribution < 1.29 is 18.7 Å². The summed E-state index contributed by atoms with van der Waals surface area (Å²) in [5, 5.41) is 3.68. The highest BCUT2D eigenvalue weighted by atomic mass is 35.5. The van der Waals surface area contributed by atoms with Crippen molar-refractivity contribution in [2.24, 2.45) is 0 Å². The fourth-order valence-corrected chi connectivity index (χ4v) is 2.67. The number of ether oxygens (including phenoxy) is 1. The van der Waals surface area contributed by atoms with Gasteiger partial charge in [0.15, 0.2) is 0 Å². The molecule has 0 bridgehead atoms. The minimum atomic E-state index is -0.625. The van der Waals surface area contributed by atoms with Crippen LogP contribution in [-0.2, 0) is 20.9 Å². The minimum absolute atomic E-state index is 0.0906. The lowest BCUT2D eigenvalue weighted by molar-refractivity contribution is -0.147. The highest BCUT2D eigenvalue weighted by Crippen LogP contribution is 2.25. The molecule has 1 aliphatic heterocycles. The molecule has 1 amide bonds. The maximum atomic E-state index is 11.9. The Morgan fingerprint density at radius 3 is 2.87 bits per heavy atom. The fraction of sp³-hybridized carbons (Fsp3) is 0.312. The van der Waals surface area contributed by atoms with Gasteiger partial charge >= 0.3 is 11.6 Å². The molecule has 120 valence electrons. The molecule has 0 saturated carbocycles. The zero-order valence-electron chi connectivity index (χ0n) is 12.3. The summed E-state index contributed by atoms with van der Waals surface area (Å²) in [6, 6.07) is 3.99. The molecule has 1 atom stereocenters. The quantitative estimate of drug-likeness (QED) is 0.685. The number of esters is 1. The molecule has 23 heavy (non-hydrogen) atoms. The third-order valence-corrected chi connectivity index (χ3v) is 4.17. The number of hydrogen-bond acceptors (Lipinski definition) is 5. The number of nitrogens with one attached hydrogen (secondary N) is 1. The van der Waals surface area contributed by atoms with E-state index in [1.807, 2.05) is 0 Å². The summed E-state index contributed by atoms with van der Waals surface area (Å²) in [5.74, 6) is -0.685. The van der Waals surface area contributed by atoms with Gasteiger partial charge in [-0.2, -0.15) is 0 Å². The number of carbonyl (C=O) groups excluding carboxylic acids is 2. The highest BCUT2D eigenvalue weighted by molar-refractivity contribution is 6.32. The second kappa shape index (κ2) is 6.04. The zero-order chi connectivity index (χ0) is 16.6. The van der Waals surface area contributed by atoms with Crippen LogP contribution in [0.4, 0.5) is 0 Å². The first-order valence-electron chi connectivity index (χ1n) is 7.13. The van der Waals surface area contributed by atoms with Gasteiger partial charge in [-0.15, -0.1) is 0 Å². The van der Waals surface area contributed by atoms with Crippen LogP contribution in [0, 0.1) is 6.92 Å². The van der Waals surface area contributed by atoms with Crippen molar-refractivity contribution >= 4 is 34.4 Å². The average molecular weight is 336 g/mol. The van der Waals surface area contributed by atoms with Crippen LogP contribution in [-0.4, -0.2) is 17.9 Å². The van der Waals surface area contributed by atoms with Gasteiger partial charge in [-0.3, -0.25) is 4.79 Å². The van der Waals surface area contributed by atoms with Crippen molar-refractivity contribution in [1.82, 2.24) is 5.32 Å². The molecular formula is C16H14ClNO5. The van der Waals surface area contributed by atoms with Crippen molar-refractivity contribution in [1.29, 1.82) is 0 Å². The van der Waals surface area contributed by atoms with Gasteiger partial charge in [-0.1, -0.05) is 11.6 Å².